The van der Waals surface area contributed by atoms with Crippen LogP contribution in [-0.4, -0.2) is 19.1 Å². The maximum atomic E-state index is 12.3. The van der Waals surface area contributed by atoms with Crippen molar-refractivity contribution < 1.29 is 13.2 Å². The molecular formula is C10H15NO3S. The maximum absolute atomic E-state index is 12.3. The summed E-state index contributed by atoms with van der Waals surface area (Å²) in [4.78, 5) is 11.1. The van der Waals surface area contributed by atoms with Crippen molar-refractivity contribution in [3.8, 4) is 0 Å². The summed E-state index contributed by atoms with van der Waals surface area (Å²) in [6.07, 6.45) is 1.66. The van der Waals surface area contributed by atoms with Gasteiger partial charge in [-0.3, -0.25) is 4.79 Å². The second-order valence-electron chi connectivity index (χ2n) is 5.82. The standard InChI is InChI=1S/C10H15NO3S/c1-8(2)6-4-5-9(8,3)7(12)10(6)11-15(10,13)14/h6,11H,4-5H2,1-3H3. The highest BCUT2D eigenvalue weighted by Gasteiger charge is 2.85. The molecule has 0 radical (unpaired) electrons. The van der Waals surface area contributed by atoms with E-state index in [1.165, 1.54) is 0 Å². The summed E-state index contributed by atoms with van der Waals surface area (Å²) in [6, 6.07) is 0. The summed E-state index contributed by atoms with van der Waals surface area (Å²) >= 11 is 0. The monoisotopic (exact) mass is 229 g/mol. The molecule has 3 atom stereocenters. The van der Waals surface area contributed by atoms with Gasteiger partial charge in [0.15, 0.2) is 5.78 Å². The Morgan fingerprint density at radius 2 is 1.87 bits per heavy atom. The Balaban J connectivity index is 2.25. The van der Waals surface area contributed by atoms with E-state index >= 15 is 0 Å². The summed E-state index contributed by atoms with van der Waals surface area (Å²) in [6.45, 7) is 5.96. The van der Waals surface area contributed by atoms with Gasteiger partial charge in [0.25, 0.3) is 0 Å². The van der Waals surface area contributed by atoms with E-state index in [-0.39, 0.29) is 17.1 Å². The van der Waals surface area contributed by atoms with Crippen molar-refractivity contribution in [3.05, 3.63) is 0 Å². The number of Topliss-reactive ketones (excluding diaryl/α,β-unsaturated/α-hetero) is 1. The Kier molecular flexibility index (Phi) is 1.32. The van der Waals surface area contributed by atoms with Gasteiger partial charge in [-0.05, 0) is 18.3 Å². The van der Waals surface area contributed by atoms with Gasteiger partial charge in [0, 0.05) is 11.3 Å². The van der Waals surface area contributed by atoms with Crippen LogP contribution in [0.3, 0.4) is 0 Å². The summed E-state index contributed by atoms with van der Waals surface area (Å²) in [5.74, 6) is -0.149. The van der Waals surface area contributed by atoms with Crippen LogP contribution in [0.4, 0.5) is 0 Å². The minimum atomic E-state index is -3.35. The molecule has 0 amide bonds. The molecule has 5 heteroatoms. The average Bonchev–Trinajstić information content (AvgIpc) is 2.52. The molecule has 1 aliphatic heterocycles. The number of ketones is 1. The number of fused-ring (bicyclic) bond motifs is 3. The minimum absolute atomic E-state index is 0.0486. The molecule has 4 nitrogen and oxygen atoms in total. The van der Waals surface area contributed by atoms with E-state index in [2.05, 4.69) is 4.72 Å². The smallest absolute Gasteiger partial charge is 0.241 e. The van der Waals surface area contributed by atoms with Gasteiger partial charge in [-0.2, -0.15) is 4.72 Å². The largest absolute Gasteiger partial charge is 0.296 e. The summed E-state index contributed by atoms with van der Waals surface area (Å²) in [5.41, 5.74) is -0.672. The zero-order valence-electron chi connectivity index (χ0n) is 9.12. The van der Waals surface area contributed by atoms with Gasteiger partial charge in [0.2, 0.25) is 14.9 Å². The number of carbonyl (C=O) groups is 1. The molecule has 1 heterocycles. The molecule has 0 aromatic carbocycles. The molecule has 0 aromatic heterocycles. The average molecular weight is 229 g/mol. The van der Waals surface area contributed by atoms with Crippen LogP contribution in [0.25, 0.3) is 0 Å². The molecule has 2 aliphatic carbocycles. The van der Waals surface area contributed by atoms with Crippen molar-refractivity contribution in [2.75, 3.05) is 0 Å². The zero-order chi connectivity index (χ0) is 11.3. The van der Waals surface area contributed by atoms with Crippen LogP contribution in [0.1, 0.15) is 33.6 Å². The van der Waals surface area contributed by atoms with Gasteiger partial charge in [-0.15, -0.1) is 0 Å². The van der Waals surface area contributed by atoms with Crippen molar-refractivity contribution >= 4 is 15.8 Å². The van der Waals surface area contributed by atoms with Crippen molar-refractivity contribution in [2.45, 2.75) is 38.5 Å². The molecule has 3 unspecified atom stereocenters. The third kappa shape index (κ3) is 0.684. The highest BCUT2D eigenvalue weighted by atomic mass is 32.2. The first-order valence-corrected chi connectivity index (χ1v) is 6.77. The molecule has 1 spiro atoms. The van der Waals surface area contributed by atoms with E-state index in [1.54, 1.807) is 0 Å². The predicted molar refractivity (Wildman–Crippen MR) is 54.4 cm³/mol. The third-order valence-electron chi connectivity index (χ3n) is 5.22. The molecule has 2 saturated carbocycles. The topological polar surface area (TPSA) is 73.2 Å². The van der Waals surface area contributed by atoms with Gasteiger partial charge in [-0.25, -0.2) is 8.42 Å². The molecule has 3 rings (SSSR count). The van der Waals surface area contributed by atoms with Crippen LogP contribution in [0.5, 0.6) is 0 Å². The van der Waals surface area contributed by atoms with Crippen LogP contribution in [0.15, 0.2) is 0 Å². The van der Waals surface area contributed by atoms with E-state index in [0.29, 0.717) is 0 Å². The molecular weight excluding hydrogens is 214 g/mol. The molecule has 3 fully saturated rings. The van der Waals surface area contributed by atoms with Crippen LogP contribution in [-0.2, 0) is 14.8 Å². The van der Waals surface area contributed by atoms with Gasteiger partial charge >= 0.3 is 0 Å². The zero-order valence-corrected chi connectivity index (χ0v) is 9.94. The summed E-state index contributed by atoms with van der Waals surface area (Å²) < 4.78 is 25.7. The summed E-state index contributed by atoms with van der Waals surface area (Å²) in [7, 11) is -3.35. The number of carbonyl (C=O) groups excluding carboxylic acids is 1. The lowest BCUT2D eigenvalue weighted by molar-refractivity contribution is -0.129. The van der Waals surface area contributed by atoms with Crippen molar-refractivity contribution in [1.82, 2.24) is 4.72 Å². The van der Waals surface area contributed by atoms with Crippen LogP contribution >= 0.6 is 0 Å². The lowest BCUT2D eigenvalue weighted by atomic mass is 9.70. The van der Waals surface area contributed by atoms with Crippen LogP contribution in [0, 0.1) is 16.7 Å². The van der Waals surface area contributed by atoms with E-state index in [1.807, 2.05) is 20.8 Å². The van der Waals surface area contributed by atoms with Crippen molar-refractivity contribution in [2.24, 2.45) is 16.7 Å². The first-order chi connectivity index (χ1) is 6.70. The number of rotatable bonds is 0. The lowest BCUT2D eigenvalue weighted by Gasteiger charge is -2.31. The lowest BCUT2D eigenvalue weighted by Crippen LogP contribution is -2.39. The second kappa shape index (κ2) is 2.02. The molecule has 3 aliphatic rings. The number of hydrogen-bond donors (Lipinski definition) is 1. The van der Waals surface area contributed by atoms with Crippen LogP contribution in [0.2, 0.25) is 0 Å². The Bertz CT molecular complexity index is 481. The highest BCUT2D eigenvalue weighted by molar-refractivity contribution is 7.98. The second-order valence-corrected chi connectivity index (χ2v) is 7.67. The Morgan fingerprint density at radius 3 is 2.13 bits per heavy atom. The van der Waals surface area contributed by atoms with Crippen molar-refractivity contribution in [1.29, 1.82) is 0 Å². The Morgan fingerprint density at radius 1 is 1.33 bits per heavy atom. The number of hydrogen-bond acceptors (Lipinski definition) is 3. The molecule has 1 saturated heterocycles. The normalized spacial score (nSPS) is 53.8. The van der Waals surface area contributed by atoms with Crippen LogP contribution < -0.4 is 4.72 Å². The van der Waals surface area contributed by atoms with E-state index in [0.717, 1.165) is 12.8 Å². The van der Waals surface area contributed by atoms with Gasteiger partial charge in [0.1, 0.15) is 0 Å². The third-order valence-corrected chi connectivity index (χ3v) is 7.03. The van der Waals surface area contributed by atoms with Gasteiger partial charge in [-0.1, -0.05) is 20.8 Å². The van der Waals surface area contributed by atoms with E-state index in [9.17, 15) is 13.2 Å². The SMILES string of the molecule is CC12CCC(C1(C)C)C1(NS1(=O)=O)C2=O. The maximum Gasteiger partial charge on any atom is 0.241 e. The fourth-order valence-electron chi connectivity index (χ4n) is 3.79. The number of nitrogens with one attached hydrogen (secondary N) is 1. The molecule has 15 heavy (non-hydrogen) atoms. The Labute approximate surface area is 89.5 Å². The van der Waals surface area contributed by atoms with E-state index < -0.39 is 20.3 Å². The predicted octanol–water partition coefficient (Wildman–Crippen LogP) is 0.641. The fourth-order valence-corrected chi connectivity index (χ4v) is 5.84. The first-order valence-electron chi connectivity index (χ1n) is 5.28. The van der Waals surface area contributed by atoms with Crippen molar-refractivity contribution in [3.63, 3.8) is 0 Å². The Hall–Kier alpha value is -0.420. The molecule has 1 N–H and O–H groups in total. The molecule has 84 valence electrons. The molecule has 2 bridgehead atoms. The van der Waals surface area contributed by atoms with E-state index in [4.69, 9.17) is 0 Å². The summed E-state index contributed by atoms with van der Waals surface area (Å²) in [5, 5.41) is 0. The first kappa shape index (κ1) is 9.78. The van der Waals surface area contributed by atoms with Gasteiger partial charge in [0.05, 0.1) is 0 Å². The quantitative estimate of drug-likeness (QED) is 0.619. The fraction of sp³-hybridized carbons (Fsp3) is 0.900. The highest BCUT2D eigenvalue weighted by Crippen LogP contribution is 2.71. The number of sulfonamides is 1. The van der Waals surface area contributed by atoms with Gasteiger partial charge < -0.3 is 0 Å². The minimum Gasteiger partial charge on any atom is -0.296 e. The molecule has 0 aromatic rings.